The number of aliphatic hydroxyl groups is 1. The minimum absolute atomic E-state index is 0.311. The van der Waals surface area contributed by atoms with E-state index >= 15 is 0 Å². The first kappa shape index (κ1) is 13.7. The van der Waals surface area contributed by atoms with E-state index in [0.717, 1.165) is 18.9 Å². The zero-order valence-electron chi connectivity index (χ0n) is 10.6. The smallest absolute Gasteiger partial charge is 0.226 e. The Bertz CT molecular complexity index is 329. The summed E-state index contributed by atoms with van der Waals surface area (Å²) in [5, 5.41) is 15.4. The Balaban J connectivity index is 2.29. The van der Waals surface area contributed by atoms with E-state index in [4.69, 9.17) is 5.11 Å². The molecule has 1 aromatic rings. The van der Waals surface area contributed by atoms with Gasteiger partial charge in [-0.05, 0) is 13.0 Å². The highest BCUT2D eigenvalue weighted by atomic mass is 16.3. The molecule has 0 aliphatic heterocycles. The van der Waals surface area contributed by atoms with Gasteiger partial charge >= 0.3 is 0 Å². The average Bonchev–Trinajstić information content (AvgIpc) is 2.28. The lowest BCUT2D eigenvalue weighted by molar-refractivity contribution is 0.192. The molecule has 0 radical (unpaired) electrons. The van der Waals surface area contributed by atoms with E-state index in [9.17, 15) is 0 Å². The minimum Gasteiger partial charge on any atom is -0.392 e. The van der Waals surface area contributed by atoms with E-state index in [-0.39, 0.29) is 6.10 Å². The van der Waals surface area contributed by atoms with Gasteiger partial charge in [0.15, 0.2) is 0 Å². The van der Waals surface area contributed by atoms with Crippen LogP contribution in [0.15, 0.2) is 12.3 Å². The van der Waals surface area contributed by atoms with Crippen molar-refractivity contribution < 1.29 is 5.11 Å². The summed E-state index contributed by atoms with van der Waals surface area (Å²) in [5.74, 6) is 1.49. The molecule has 6 nitrogen and oxygen atoms in total. The number of hydrogen-bond acceptors (Lipinski definition) is 6. The van der Waals surface area contributed by atoms with Crippen LogP contribution in [0.1, 0.15) is 6.92 Å². The fourth-order valence-corrected chi connectivity index (χ4v) is 1.25. The molecule has 6 heteroatoms. The topological polar surface area (TPSA) is 73.3 Å². The van der Waals surface area contributed by atoms with E-state index < -0.39 is 0 Å². The van der Waals surface area contributed by atoms with Crippen LogP contribution in [0.2, 0.25) is 0 Å². The zero-order chi connectivity index (χ0) is 12.7. The van der Waals surface area contributed by atoms with Gasteiger partial charge in [-0.1, -0.05) is 0 Å². The molecule has 1 unspecified atom stereocenters. The van der Waals surface area contributed by atoms with Gasteiger partial charge in [0.1, 0.15) is 5.82 Å². The third-order valence-corrected chi connectivity index (χ3v) is 2.09. The number of aliphatic hydroxyl groups excluding tert-OH is 1. The highest BCUT2D eigenvalue weighted by molar-refractivity contribution is 5.40. The largest absolute Gasteiger partial charge is 0.392 e. The standard InChI is InChI=1S/C11H21N5O/c1-9(17)8-12-6-7-13-10-4-5-14-11(15-10)16(2)3/h4-5,9,12,17H,6-8H2,1-3H3,(H,13,14,15). The molecule has 1 atom stereocenters. The van der Waals surface area contributed by atoms with Crippen molar-refractivity contribution in [3.8, 4) is 0 Å². The first-order valence-corrected chi connectivity index (χ1v) is 5.72. The molecule has 0 aliphatic rings. The van der Waals surface area contributed by atoms with Gasteiger partial charge in [-0.25, -0.2) is 4.98 Å². The van der Waals surface area contributed by atoms with Gasteiger partial charge in [0, 0.05) is 39.9 Å². The van der Waals surface area contributed by atoms with Gasteiger partial charge in [-0.15, -0.1) is 0 Å². The summed E-state index contributed by atoms with van der Waals surface area (Å²) in [6, 6.07) is 1.83. The van der Waals surface area contributed by atoms with Crippen LogP contribution < -0.4 is 15.5 Å². The van der Waals surface area contributed by atoms with Crippen molar-refractivity contribution in [2.75, 3.05) is 43.9 Å². The van der Waals surface area contributed by atoms with Crippen molar-refractivity contribution in [1.82, 2.24) is 15.3 Å². The lowest BCUT2D eigenvalue weighted by Crippen LogP contribution is -2.29. The van der Waals surface area contributed by atoms with Crippen LogP contribution in [0.3, 0.4) is 0 Å². The number of rotatable bonds is 7. The molecule has 0 spiro atoms. The van der Waals surface area contributed by atoms with Gasteiger partial charge in [0.05, 0.1) is 6.10 Å². The van der Waals surface area contributed by atoms with Gasteiger partial charge < -0.3 is 20.6 Å². The van der Waals surface area contributed by atoms with Crippen LogP contribution in [0.4, 0.5) is 11.8 Å². The molecule has 3 N–H and O–H groups in total. The number of nitrogens with zero attached hydrogens (tertiary/aromatic N) is 3. The van der Waals surface area contributed by atoms with Crippen LogP contribution in [0, 0.1) is 0 Å². The molecule has 1 aromatic heterocycles. The van der Waals surface area contributed by atoms with Crippen LogP contribution >= 0.6 is 0 Å². The quantitative estimate of drug-likeness (QED) is 0.578. The predicted molar refractivity (Wildman–Crippen MR) is 69.4 cm³/mol. The van der Waals surface area contributed by atoms with Crippen molar-refractivity contribution in [3.63, 3.8) is 0 Å². The zero-order valence-corrected chi connectivity index (χ0v) is 10.6. The first-order chi connectivity index (χ1) is 8.09. The maximum absolute atomic E-state index is 9.06. The Morgan fingerprint density at radius 1 is 1.41 bits per heavy atom. The highest BCUT2D eigenvalue weighted by Gasteiger charge is 2.00. The summed E-state index contributed by atoms with van der Waals surface area (Å²) in [4.78, 5) is 10.3. The number of hydrogen-bond donors (Lipinski definition) is 3. The number of anilines is 2. The van der Waals surface area contributed by atoms with Gasteiger partial charge in [-0.3, -0.25) is 0 Å². The molecule has 0 bridgehead atoms. The SMILES string of the molecule is CC(O)CNCCNc1ccnc(N(C)C)n1. The lowest BCUT2D eigenvalue weighted by atomic mass is 10.4. The van der Waals surface area contributed by atoms with E-state index in [1.807, 2.05) is 25.1 Å². The summed E-state index contributed by atoms with van der Waals surface area (Å²) < 4.78 is 0. The summed E-state index contributed by atoms with van der Waals surface area (Å²) >= 11 is 0. The van der Waals surface area contributed by atoms with Gasteiger partial charge in [0.2, 0.25) is 5.95 Å². The Hall–Kier alpha value is -1.40. The second-order valence-corrected chi connectivity index (χ2v) is 4.12. The Morgan fingerprint density at radius 3 is 2.82 bits per heavy atom. The molecule has 0 aliphatic carbocycles. The lowest BCUT2D eigenvalue weighted by Gasteiger charge is -2.12. The van der Waals surface area contributed by atoms with Crippen molar-refractivity contribution in [2.24, 2.45) is 0 Å². The molecule has 1 rings (SSSR count). The second-order valence-electron chi connectivity index (χ2n) is 4.12. The number of aromatic nitrogens is 2. The molecule has 0 fully saturated rings. The molecule has 0 saturated carbocycles. The third-order valence-electron chi connectivity index (χ3n) is 2.09. The fourth-order valence-electron chi connectivity index (χ4n) is 1.25. The van der Waals surface area contributed by atoms with E-state index in [1.165, 1.54) is 0 Å². The first-order valence-electron chi connectivity index (χ1n) is 5.72. The molecule has 0 saturated heterocycles. The van der Waals surface area contributed by atoms with E-state index in [1.54, 1.807) is 13.1 Å². The van der Waals surface area contributed by atoms with Crippen molar-refractivity contribution in [3.05, 3.63) is 12.3 Å². The number of nitrogens with one attached hydrogen (secondary N) is 2. The molecular weight excluding hydrogens is 218 g/mol. The predicted octanol–water partition coefficient (Wildman–Crippen LogP) is -0.0751. The maximum atomic E-state index is 9.06. The maximum Gasteiger partial charge on any atom is 0.226 e. The summed E-state index contributed by atoms with van der Waals surface area (Å²) in [6.45, 7) is 3.91. The van der Waals surface area contributed by atoms with Crippen LogP contribution in [-0.2, 0) is 0 Å². The van der Waals surface area contributed by atoms with Crippen molar-refractivity contribution >= 4 is 11.8 Å². The molecule has 0 aromatic carbocycles. The van der Waals surface area contributed by atoms with Crippen LogP contribution in [-0.4, -0.2) is 54.9 Å². The molecule has 96 valence electrons. The highest BCUT2D eigenvalue weighted by Crippen LogP contribution is 2.06. The van der Waals surface area contributed by atoms with Crippen molar-refractivity contribution in [1.29, 1.82) is 0 Å². The Kier molecular flexibility index (Phi) is 5.65. The normalized spacial score (nSPS) is 12.2. The average molecular weight is 239 g/mol. The van der Waals surface area contributed by atoms with Crippen LogP contribution in [0.25, 0.3) is 0 Å². The second kappa shape index (κ2) is 7.03. The van der Waals surface area contributed by atoms with Crippen LogP contribution in [0.5, 0.6) is 0 Å². The molecule has 0 amide bonds. The molecular formula is C11H21N5O. The van der Waals surface area contributed by atoms with E-state index in [0.29, 0.717) is 12.5 Å². The van der Waals surface area contributed by atoms with Gasteiger partial charge in [0.25, 0.3) is 0 Å². The fraction of sp³-hybridized carbons (Fsp3) is 0.636. The molecule has 1 heterocycles. The van der Waals surface area contributed by atoms with E-state index in [2.05, 4.69) is 20.6 Å². The summed E-state index contributed by atoms with van der Waals surface area (Å²) in [6.07, 6.45) is 1.42. The minimum atomic E-state index is -0.311. The Morgan fingerprint density at radius 2 is 2.18 bits per heavy atom. The Labute approximate surface area is 102 Å². The molecule has 17 heavy (non-hydrogen) atoms. The summed E-state index contributed by atoms with van der Waals surface area (Å²) in [5.41, 5.74) is 0. The summed E-state index contributed by atoms with van der Waals surface area (Å²) in [7, 11) is 3.81. The monoisotopic (exact) mass is 239 g/mol. The van der Waals surface area contributed by atoms with Crippen molar-refractivity contribution in [2.45, 2.75) is 13.0 Å². The third kappa shape index (κ3) is 5.46. The van der Waals surface area contributed by atoms with Gasteiger partial charge in [-0.2, -0.15) is 4.98 Å².